The zero-order valence-electron chi connectivity index (χ0n) is 17.2. The highest BCUT2D eigenvalue weighted by atomic mass is 16.2. The van der Waals surface area contributed by atoms with Gasteiger partial charge in [-0.15, -0.1) is 0 Å². The number of aryl methyl sites for hydroxylation is 2. The third kappa shape index (κ3) is 4.71. The van der Waals surface area contributed by atoms with Crippen molar-refractivity contribution >= 4 is 11.9 Å². The van der Waals surface area contributed by atoms with E-state index < -0.39 is 0 Å². The van der Waals surface area contributed by atoms with Gasteiger partial charge in [0, 0.05) is 58.0 Å². The summed E-state index contributed by atoms with van der Waals surface area (Å²) >= 11 is 0. The van der Waals surface area contributed by atoms with Crippen LogP contribution < -0.4 is 10.6 Å². The Hall–Kier alpha value is -2.83. The predicted molar refractivity (Wildman–Crippen MR) is 111 cm³/mol. The maximum Gasteiger partial charge on any atom is 0.222 e. The fourth-order valence-electron chi connectivity index (χ4n) is 3.51. The summed E-state index contributed by atoms with van der Waals surface area (Å²) in [6, 6.07) is 8.40. The summed E-state index contributed by atoms with van der Waals surface area (Å²) in [4.78, 5) is 18.0. The van der Waals surface area contributed by atoms with Crippen LogP contribution in [0.25, 0.3) is 0 Å². The number of nitrogens with zero attached hydrogens (tertiary/aromatic N) is 4. The number of rotatable bonds is 6. The largest absolute Gasteiger partial charge is 0.352 e. The molecule has 1 amide bonds. The monoisotopic (exact) mass is 382 g/mol. The van der Waals surface area contributed by atoms with Crippen molar-refractivity contribution in [3.8, 4) is 0 Å². The van der Waals surface area contributed by atoms with Crippen molar-refractivity contribution < 1.29 is 4.79 Å². The van der Waals surface area contributed by atoms with E-state index in [1.54, 1.807) is 7.05 Å². The van der Waals surface area contributed by atoms with E-state index in [-0.39, 0.29) is 5.91 Å². The molecule has 1 fully saturated rings. The molecule has 0 radical (unpaired) electrons. The molecule has 1 aliphatic heterocycles. The summed E-state index contributed by atoms with van der Waals surface area (Å²) in [6.07, 6.45) is 1.66. The minimum absolute atomic E-state index is 0.264. The van der Waals surface area contributed by atoms with Gasteiger partial charge in [0.05, 0.1) is 5.69 Å². The highest BCUT2D eigenvalue weighted by Crippen LogP contribution is 2.15. The van der Waals surface area contributed by atoms with Gasteiger partial charge in [-0.2, -0.15) is 5.10 Å². The van der Waals surface area contributed by atoms with Gasteiger partial charge in [-0.05, 0) is 31.4 Å². The highest BCUT2D eigenvalue weighted by Gasteiger charge is 2.19. The SMILES string of the molecule is CN=C(NCc1ccc(CN2CCCC2=O)cc1)NCc1c(C)nn(C)c1C. The van der Waals surface area contributed by atoms with Gasteiger partial charge in [0.1, 0.15) is 0 Å². The standard InChI is InChI=1S/C21H30N6O/c1-15-19(16(2)26(4)25-15)13-24-21(22-3)23-12-17-7-9-18(10-8-17)14-27-11-5-6-20(27)28/h7-10H,5-6,11-14H2,1-4H3,(H2,22,23,24). The number of amides is 1. The van der Waals surface area contributed by atoms with E-state index in [2.05, 4.69) is 51.9 Å². The number of carbonyl (C=O) groups is 1. The molecule has 0 unspecified atom stereocenters. The number of benzene rings is 1. The first-order valence-corrected chi connectivity index (χ1v) is 9.77. The number of hydrogen-bond donors (Lipinski definition) is 2. The van der Waals surface area contributed by atoms with E-state index in [1.165, 1.54) is 16.7 Å². The second-order valence-electron chi connectivity index (χ2n) is 7.29. The predicted octanol–water partition coefficient (Wildman–Crippen LogP) is 2.02. The van der Waals surface area contributed by atoms with Crippen LogP contribution in [-0.4, -0.2) is 40.1 Å². The summed E-state index contributed by atoms with van der Waals surface area (Å²) < 4.78 is 1.90. The molecule has 2 aromatic rings. The molecular weight excluding hydrogens is 352 g/mol. The molecule has 0 atom stereocenters. The van der Waals surface area contributed by atoms with Crippen LogP contribution in [0.1, 0.15) is 40.9 Å². The van der Waals surface area contributed by atoms with E-state index in [9.17, 15) is 4.79 Å². The van der Waals surface area contributed by atoms with Crippen molar-refractivity contribution in [1.29, 1.82) is 0 Å². The lowest BCUT2D eigenvalue weighted by Crippen LogP contribution is -2.36. The van der Waals surface area contributed by atoms with Crippen molar-refractivity contribution in [3.63, 3.8) is 0 Å². The number of guanidine groups is 1. The third-order valence-corrected chi connectivity index (χ3v) is 5.34. The fourth-order valence-corrected chi connectivity index (χ4v) is 3.51. The first-order valence-electron chi connectivity index (χ1n) is 9.77. The van der Waals surface area contributed by atoms with Crippen LogP contribution in [0.5, 0.6) is 0 Å². The van der Waals surface area contributed by atoms with Crippen molar-refractivity contribution in [2.75, 3.05) is 13.6 Å². The number of carbonyl (C=O) groups excluding carboxylic acids is 1. The molecule has 1 aliphatic rings. The van der Waals surface area contributed by atoms with Gasteiger partial charge in [-0.25, -0.2) is 0 Å². The topological polar surface area (TPSA) is 74.6 Å². The lowest BCUT2D eigenvalue weighted by Gasteiger charge is -2.16. The molecule has 7 heteroatoms. The lowest BCUT2D eigenvalue weighted by atomic mass is 10.1. The van der Waals surface area contributed by atoms with Crippen molar-refractivity contribution in [2.45, 2.75) is 46.3 Å². The Morgan fingerprint density at radius 3 is 2.39 bits per heavy atom. The Labute approximate surface area is 166 Å². The zero-order chi connectivity index (χ0) is 20.1. The van der Waals surface area contributed by atoms with Crippen molar-refractivity contribution in [2.24, 2.45) is 12.0 Å². The van der Waals surface area contributed by atoms with Crippen LogP contribution in [0.4, 0.5) is 0 Å². The Balaban J connectivity index is 1.50. The minimum Gasteiger partial charge on any atom is -0.352 e. The molecule has 2 N–H and O–H groups in total. The van der Waals surface area contributed by atoms with Gasteiger partial charge in [-0.3, -0.25) is 14.5 Å². The number of nitrogens with one attached hydrogen (secondary N) is 2. The van der Waals surface area contributed by atoms with Crippen LogP contribution >= 0.6 is 0 Å². The van der Waals surface area contributed by atoms with Gasteiger partial charge in [0.15, 0.2) is 5.96 Å². The van der Waals surface area contributed by atoms with Crippen molar-refractivity contribution in [3.05, 3.63) is 52.3 Å². The van der Waals surface area contributed by atoms with Gasteiger partial charge in [0.2, 0.25) is 5.91 Å². The molecule has 28 heavy (non-hydrogen) atoms. The van der Waals surface area contributed by atoms with E-state index in [1.807, 2.05) is 23.6 Å². The molecule has 0 saturated carbocycles. The first kappa shape index (κ1) is 19.9. The van der Waals surface area contributed by atoms with E-state index >= 15 is 0 Å². The summed E-state index contributed by atoms with van der Waals surface area (Å²) in [5, 5.41) is 11.2. The van der Waals surface area contributed by atoms with Crippen molar-refractivity contribution in [1.82, 2.24) is 25.3 Å². The molecule has 2 heterocycles. The quantitative estimate of drug-likeness (QED) is 0.592. The second kappa shape index (κ2) is 8.91. The summed E-state index contributed by atoms with van der Waals surface area (Å²) in [5.41, 5.74) is 5.74. The van der Waals surface area contributed by atoms with Crippen LogP contribution in [0, 0.1) is 13.8 Å². The van der Waals surface area contributed by atoms with Crippen LogP contribution in [-0.2, 0) is 31.5 Å². The average molecular weight is 383 g/mol. The minimum atomic E-state index is 0.264. The molecule has 1 saturated heterocycles. The third-order valence-electron chi connectivity index (χ3n) is 5.34. The molecule has 1 aromatic heterocycles. The first-order chi connectivity index (χ1) is 13.5. The maximum absolute atomic E-state index is 11.8. The highest BCUT2D eigenvalue weighted by molar-refractivity contribution is 5.79. The normalized spacial score (nSPS) is 14.6. The Kier molecular flexibility index (Phi) is 6.34. The van der Waals surface area contributed by atoms with Crippen LogP contribution in [0.15, 0.2) is 29.3 Å². The van der Waals surface area contributed by atoms with Crippen LogP contribution in [0.2, 0.25) is 0 Å². The number of aromatic nitrogens is 2. The second-order valence-corrected chi connectivity index (χ2v) is 7.29. The summed E-state index contributed by atoms with van der Waals surface area (Å²) in [5.74, 6) is 1.02. The number of aliphatic imine (C=N–C) groups is 1. The molecule has 0 spiro atoms. The van der Waals surface area contributed by atoms with E-state index in [0.717, 1.165) is 30.3 Å². The Bertz CT molecular complexity index is 853. The zero-order valence-corrected chi connectivity index (χ0v) is 17.2. The maximum atomic E-state index is 11.8. The van der Waals surface area contributed by atoms with E-state index in [0.29, 0.717) is 26.1 Å². The van der Waals surface area contributed by atoms with Gasteiger partial charge in [-0.1, -0.05) is 24.3 Å². The molecule has 150 valence electrons. The van der Waals surface area contributed by atoms with Crippen LogP contribution in [0.3, 0.4) is 0 Å². The van der Waals surface area contributed by atoms with Gasteiger partial charge < -0.3 is 15.5 Å². The molecular formula is C21H30N6O. The molecule has 7 nitrogen and oxygen atoms in total. The molecule has 0 aliphatic carbocycles. The lowest BCUT2D eigenvalue weighted by molar-refractivity contribution is -0.128. The number of likely N-dealkylation sites (tertiary alicyclic amines) is 1. The molecule has 1 aromatic carbocycles. The fraction of sp³-hybridized carbons (Fsp3) is 0.476. The molecule has 3 rings (SSSR count). The van der Waals surface area contributed by atoms with Gasteiger partial charge in [0.25, 0.3) is 0 Å². The average Bonchev–Trinajstić information content (AvgIpc) is 3.19. The Morgan fingerprint density at radius 1 is 1.14 bits per heavy atom. The Morgan fingerprint density at radius 2 is 1.82 bits per heavy atom. The summed E-state index contributed by atoms with van der Waals surface area (Å²) in [7, 11) is 3.73. The molecule has 0 bridgehead atoms. The number of hydrogen-bond acceptors (Lipinski definition) is 3. The summed E-state index contributed by atoms with van der Waals surface area (Å²) in [6.45, 7) is 7.06. The van der Waals surface area contributed by atoms with Gasteiger partial charge >= 0.3 is 0 Å². The smallest absolute Gasteiger partial charge is 0.222 e. The van der Waals surface area contributed by atoms with E-state index in [4.69, 9.17) is 0 Å².